The van der Waals surface area contributed by atoms with Gasteiger partial charge in [0.2, 0.25) is 0 Å². The molecule has 9 N–H and O–H groups in total. The molecule has 0 bridgehead atoms. The molecule has 0 unspecified atom stereocenters. The fourth-order valence-corrected chi connectivity index (χ4v) is 1.55. The molecular weight excluding hydrogens is 349 g/mol. The molecule has 137 valence electrons. The van der Waals surface area contributed by atoms with Crippen LogP contribution in [0.1, 0.15) is 51.0 Å². The second-order valence-corrected chi connectivity index (χ2v) is 4.16. The van der Waals surface area contributed by atoms with E-state index in [1.54, 1.807) is 30.7 Å². The van der Waals surface area contributed by atoms with Gasteiger partial charge in [-0.05, 0) is 31.2 Å². The van der Waals surface area contributed by atoms with Crippen LogP contribution < -0.4 is 0 Å². The van der Waals surface area contributed by atoms with E-state index in [4.69, 9.17) is 0 Å². The number of hydrogen-bond donors (Lipinski definition) is 0. The second kappa shape index (κ2) is 22.9. The zero-order chi connectivity index (χ0) is 13.1. The molecule has 0 aliphatic rings. The van der Waals surface area contributed by atoms with E-state index < -0.39 is 0 Å². The number of rotatable bonds is 8. The molecule has 1 rings (SSSR count). The minimum atomic E-state index is -0.0698. The molecule has 8 nitrogen and oxygen atoms in total. The topological polar surface area (TPSA) is 187 Å². The molecule has 1 aromatic heterocycles. The van der Waals surface area contributed by atoms with Crippen molar-refractivity contribution in [1.82, 2.24) is 4.98 Å². The van der Waals surface area contributed by atoms with E-state index in [9.17, 15) is 4.79 Å². The zero-order valence-corrected chi connectivity index (χ0v) is 14.3. The molecule has 1 radical (unpaired) electrons. The van der Waals surface area contributed by atoms with Gasteiger partial charge in [0.1, 0.15) is 0 Å². The minimum absolute atomic E-state index is 0. The molecule has 1 heterocycles. The van der Waals surface area contributed by atoms with Crippen LogP contribution in [0.4, 0.5) is 0 Å². The molecule has 0 saturated carbocycles. The van der Waals surface area contributed by atoms with Crippen LogP contribution in [0.25, 0.3) is 5.43 Å². The van der Waals surface area contributed by atoms with Crippen molar-refractivity contribution in [3.05, 3.63) is 35.5 Å². The number of nitrogens with zero attached hydrogens (tertiary/aromatic N) is 3. The Balaban J connectivity index is -0.000000216. The average molecular weight is 378 g/mol. The van der Waals surface area contributed by atoms with Gasteiger partial charge in [0, 0.05) is 12.4 Å². The van der Waals surface area contributed by atoms with E-state index in [0.29, 0.717) is 5.56 Å². The van der Waals surface area contributed by atoms with Crippen molar-refractivity contribution in [2.24, 2.45) is 5.10 Å². The first-order valence-corrected chi connectivity index (χ1v) is 6.53. The Morgan fingerprint density at radius 3 is 2.22 bits per heavy atom. The van der Waals surface area contributed by atoms with Crippen molar-refractivity contribution in [2.75, 3.05) is 0 Å². The summed E-state index contributed by atoms with van der Waals surface area (Å²) in [6.45, 7) is 2.21. The Hall–Kier alpha value is -1.36. The van der Waals surface area contributed by atoms with Crippen LogP contribution in [-0.2, 0) is 16.8 Å². The Morgan fingerprint density at radius 2 is 1.65 bits per heavy atom. The number of pyridine rings is 1. The molecule has 0 aromatic carbocycles. The summed E-state index contributed by atoms with van der Waals surface area (Å²) in [6, 6.07) is 3.39. The molecule has 0 saturated heterocycles. The van der Waals surface area contributed by atoms with E-state index >= 15 is 0 Å². The summed E-state index contributed by atoms with van der Waals surface area (Å²) in [5, 5.41) is 3.86. The van der Waals surface area contributed by atoms with Gasteiger partial charge in [0.05, 0.1) is 5.56 Å². The molecule has 0 aliphatic carbocycles. The van der Waals surface area contributed by atoms with Gasteiger partial charge >= 0.3 is 16.8 Å². The first kappa shape index (κ1) is 33.3. The van der Waals surface area contributed by atoms with Crippen LogP contribution >= 0.6 is 0 Å². The fourth-order valence-electron chi connectivity index (χ4n) is 1.55. The number of hydrogen-bond acceptors (Lipinski definition) is 2. The van der Waals surface area contributed by atoms with Crippen molar-refractivity contribution < 1.29 is 43.5 Å². The van der Waals surface area contributed by atoms with E-state index in [-0.39, 0.29) is 44.6 Å². The van der Waals surface area contributed by atoms with Crippen LogP contribution in [0.15, 0.2) is 29.6 Å². The minimum Gasteiger partial charge on any atom is -0.491 e. The first-order valence-electron chi connectivity index (χ1n) is 6.53. The van der Waals surface area contributed by atoms with Crippen LogP contribution in [0.5, 0.6) is 0 Å². The summed E-state index contributed by atoms with van der Waals surface area (Å²) in [5.41, 5.74) is 4.37. The number of amides is 1. The maximum absolute atomic E-state index is 9.60. The van der Waals surface area contributed by atoms with Gasteiger partial charge in [-0.2, -0.15) is 0 Å². The van der Waals surface area contributed by atoms with E-state index in [1.165, 1.54) is 25.7 Å². The van der Waals surface area contributed by atoms with E-state index in [0.717, 1.165) is 12.8 Å². The third-order valence-electron chi connectivity index (χ3n) is 2.61. The molecule has 0 aliphatic heterocycles. The van der Waals surface area contributed by atoms with Crippen molar-refractivity contribution in [3.8, 4) is 0 Å². The Labute approximate surface area is 147 Å². The summed E-state index contributed by atoms with van der Waals surface area (Å²) in [5.74, 6) is -0.0698. The predicted octanol–water partition coefficient (Wildman–Crippen LogP) is 0.351. The van der Waals surface area contributed by atoms with Gasteiger partial charge in [-0.15, -0.1) is 0 Å². The standard InChI is InChI=1S/C14H21N3O.Co.4H2O/c1-2-3-4-5-6-7-10-16-17-14(18)13-8-11-15-12-9-13;;;;;/h8-12H,2-7H2,1H3,(H,17,18);;4*1H2/q;+2;;;;/b16-10-;;;;;. The van der Waals surface area contributed by atoms with Crippen molar-refractivity contribution in [1.29, 1.82) is 0 Å². The SMILES string of the molecule is CCCCCCC/C=N\[N-]C(=[OH+])c1ccncc1.O.O.O.O.[Co+2]. The summed E-state index contributed by atoms with van der Waals surface area (Å²) >= 11 is 0. The summed E-state index contributed by atoms with van der Waals surface area (Å²) in [6.07, 6.45) is 12.1. The largest absolute Gasteiger partial charge is 2.00 e. The fraction of sp³-hybridized carbons (Fsp3) is 0.500. The normalized spacial score (nSPS) is 8.39. The monoisotopic (exact) mass is 378 g/mol. The molecule has 1 aromatic rings. The van der Waals surface area contributed by atoms with Crippen LogP contribution in [-0.4, -0.2) is 43.8 Å². The van der Waals surface area contributed by atoms with Gasteiger partial charge < -0.3 is 32.4 Å². The van der Waals surface area contributed by atoms with Crippen molar-refractivity contribution >= 4 is 12.1 Å². The third kappa shape index (κ3) is 16.8. The number of unbranched alkanes of at least 4 members (excludes halogenated alkanes) is 5. The van der Waals surface area contributed by atoms with Crippen LogP contribution in [0, 0.1) is 0 Å². The smallest absolute Gasteiger partial charge is 0.491 e. The molecule has 23 heavy (non-hydrogen) atoms. The first-order chi connectivity index (χ1) is 8.84. The Morgan fingerprint density at radius 1 is 1.09 bits per heavy atom. The van der Waals surface area contributed by atoms with Gasteiger partial charge in [-0.25, -0.2) is 0 Å². The van der Waals surface area contributed by atoms with Crippen molar-refractivity contribution in [3.63, 3.8) is 0 Å². The predicted molar refractivity (Wildman–Crippen MR) is 90.0 cm³/mol. The van der Waals surface area contributed by atoms with Gasteiger partial charge in [-0.3, -0.25) is 9.78 Å². The second-order valence-electron chi connectivity index (χ2n) is 4.16. The maximum atomic E-state index is 9.60. The third-order valence-corrected chi connectivity index (χ3v) is 2.61. The molecule has 0 atom stereocenters. The Kier molecular flexibility index (Phi) is 33.2. The van der Waals surface area contributed by atoms with Gasteiger partial charge in [-0.1, -0.05) is 32.6 Å². The number of carbonyl (C=O) groups excluding carboxylic acids is 1. The average Bonchev–Trinajstić information content (AvgIpc) is 2.42. The Bertz CT molecular complexity index is 380. The zero-order valence-electron chi connectivity index (χ0n) is 13.3. The maximum Gasteiger partial charge on any atom is 2.00 e. The molecule has 9 heteroatoms. The van der Waals surface area contributed by atoms with Crippen LogP contribution in [0.2, 0.25) is 0 Å². The molecule has 0 fully saturated rings. The summed E-state index contributed by atoms with van der Waals surface area (Å²) in [4.78, 5) is 13.5. The molecule has 1 amide bonds. The van der Waals surface area contributed by atoms with Crippen molar-refractivity contribution in [2.45, 2.75) is 45.4 Å². The number of aromatic nitrogens is 1. The summed E-state index contributed by atoms with van der Waals surface area (Å²) in [7, 11) is 0. The van der Waals surface area contributed by atoms with Gasteiger partial charge in [0.25, 0.3) is 5.91 Å². The van der Waals surface area contributed by atoms with E-state index in [2.05, 4.69) is 22.4 Å². The van der Waals surface area contributed by atoms with E-state index in [1.807, 2.05) is 0 Å². The quantitative estimate of drug-likeness (QED) is 0.269. The summed E-state index contributed by atoms with van der Waals surface area (Å²) < 4.78 is 0. The van der Waals surface area contributed by atoms with Crippen LogP contribution in [0.3, 0.4) is 0 Å². The molecule has 0 spiro atoms. The molecular formula is C14H29CoN3O5+2. The van der Waals surface area contributed by atoms with Gasteiger partial charge in [0.15, 0.2) is 0 Å².